The lowest BCUT2D eigenvalue weighted by atomic mass is 9.88. The summed E-state index contributed by atoms with van der Waals surface area (Å²) >= 11 is 0. The Morgan fingerprint density at radius 2 is 0.766 bits per heavy atom. The third kappa shape index (κ3) is 7.92. The highest BCUT2D eigenvalue weighted by Gasteiger charge is 2.56. The van der Waals surface area contributed by atoms with E-state index in [0.717, 1.165) is 0 Å². The predicted molar refractivity (Wildman–Crippen MR) is 147 cm³/mol. The number of hydrogen-bond donors (Lipinski definition) is 13. The van der Waals surface area contributed by atoms with Crippen molar-refractivity contribution in [3.05, 3.63) is 0 Å². The summed E-state index contributed by atoms with van der Waals surface area (Å²) in [6.07, 6.45) is -32.9. The van der Waals surface area contributed by atoms with E-state index < -0.39 is 155 Å². The van der Waals surface area contributed by atoms with Crippen LogP contribution in [0.15, 0.2) is 0 Å². The summed E-state index contributed by atoms with van der Waals surface area (Å²) in [6, 6.07) is 0. The van der Waals surface area contributed by atoms with Crippen molar-refractivity contribution in [2.45, 2.75) is 136 Å². The zero-order chi connectivity index (χ0) is 34.9. The average molecular weight is 693 g/mol. The molecular formula is C27H48O20. The first-order valence-corrected chi connectivity index (χ1v) is 15.3. The van der Waals surface area contributed by atoms with Gasteiger partial charge in [0, 0.05) is 0 Å². The summed E-state index contributed by atoms with van der Waals surface area (Å²) in [6.45, 7) is 0.265. The van der Waals surface area contributed by atoms with Crippen molar-refractivity contribution < 1.29 is 99.5 Å². The molecule has 0 aliphatic carbocycles. The fourth-order valence-corrected chi connectivity index (χ4v) is 6.11. The predicted octanol–water partition coefficient (Wildman–Crippen LogP) is -8.04. The largest absolute Gasteiger partial charge is 0.394 e. The molecule has 4 rings (SSSR count). The summed E-state index contributed by atoms with van der Waals surface area (Å²) < 4.78 is 39.7. The fourth-order valence-electron chi connectivity index (χ4n) is 6.11. The van der Waals surface area contributed by atoms with Gasteiger partial charge in [-0.15, -0.1) is 0 Å². The van der Waals surface area contributed by atoms with Gasteiger partial charge in [0.25, 0.3) is 0 Å². The zero-order valence-electron chi connectivity index (χ0n) is 25.6. The first-order valence-electron chi connectivity index (χ1n) is 15.3. The van der Waals surface area contributed by atoms with E-state index in [1.165, 1.54) is 0 Å². The molecule has 0 amide bonds. The molecule has 20 heteroatoms. The molecule has 276 valence electrons. The minimum Gasteiger partial charge on any atom is -0.394 e. The van der Waals surface area contributed by atoms with Crippen LogP contribution < -0.4 is 0 Å². The molecule has 0 aromatic carbocycles. The normalized spacial score (nSPS) is 51.3. The Balaban J connectivity index is 1.57. The van der Waals surface area contributed by atoms with E-state index in [1.54, 1.807) is 13.8 Å². The van der Waals surface area contributed by atoms with Gasteiger partial charge in [0.15, 0.2) is 18.9 Å². The zero-order valence-corrected chi connectivity index (χ0v) is 25.6. The first-order chi connectivity index (χ1) is 22.2. The van der Waals surface area contributed by atoms with E-state index in [9.17, 15) is 66.4 Å². The molecular weight excluding hydrogens is 644 g/mol. The van der Waals surface area contributed by atoms with Crippen molar-refractivity contribution in [1.82, 2.24) is 0 Å². The molecule has 0 unspecified atom stereocenters. The number of aliphatic hydroxyl groups is 13. The maximum absolute atomic E-state index is 11.2. The van der Waals surface area contributed by atoms with E-state index in [4.69, 9.17) is 33.2 Å². The highest BCUT2D eigenvalue weighted by Crippen LogP contribution is 2.36. The summed E-state index contributed by atoms with van der Waals surface area (Å²) in [4.78, 5) is 0. The quantitative estimate of drug-likeness (QED) is 0.0956. The smallest absolute Gasteiger partial charge is 0.187 e. The Labute approximate surface area is 268 Å². The number of rotatable bonds is 11. The molecule has 4 fully saturated rings. The van der Waals surface area contributed by atoms with Gasteiger partial charge in [-0.05, 0) is 5.92 Å². The van der Waals surface area contributed by atoms with E-state index in [2.05, 4.69) is 0 Å². The SMILES string of the molecule is CC(C)[C@@H]1O[C@H](CO)[C@@H](O)[C@H](O[C@@H]2O[C@H](CO)[C@@H](O[C@@H]3O[C@H](CO)[C@@H](O)[C@H](O)[C@H]3O)[C@H](O)[C@H]2O)[C@H]1O[C@@H]1O[C@H](CO)[C@@H](O)[C@H](O)[C@H]1O. The molecule has 13 N–H and O–H groups in total. The van der Waals surface area contributed by atoms with Gasteiger partial charge in [0.2, 0.25) is 0 Å². The lowest BCUT2D eigenvalue weighted by molar-refractivity contribution is -0.385. The topological polar surface area (TPSA) is 328 Å². The monoisotopic (exact) mass is 692 g/mol. The maximum Gasteiger partial charge on any atom is 0.187 e. The Kier molecular flexibility index (Phi) is 13.7. The van der Waals surface area contributed by atoms with Crippen molar-refractivity contribution >= 4 is 0 Å². The van der Waals surface area contributed by atoms with Crippen LogP contribution in [0.3, 0.4) is 0 Å². The van der Waals surface area contributed by atoms with Crippen LogP contribution in [-0.4, -0.2) is 215 Å². The average Bonchev–Trinajstić information content (AvgIpc) is 3.05. The molecule has 0 radical (unpaired) electrons. The highest BCUT2D eigenvalue weighted by molar-refractivity contribution is 5.00. The van der Waals surface area contributed by atoms with Crippen molar-refractivity contribution in [3.8, 4) is 0 Å². The molecule has 0 aromatic heterocycles. The lowest BCUT2D eigenvalue weighted by Gasteiger charge is -2.50. The summed E-state index contributed by atoms with van der Waals surface area (Å²) in [5, 5.41) is 134. The second kappa shape index (κ2) is 16.5. The molecule has 0 aromatic rings. The van der Waals surface area contributed by atoms with E-state index >= 15 is 0 Å². The molecule has 20 atom stereocenters. The molecule has 4 aliphatic rings. The van der Waals surface area contributed by atoms with Gasteiger partial charge >= 0.3 is 0 Å². The standard InChI is InChI=1S/C27H48O20/c1-7(2)21-24(47-26-19(39)16(36)13(33)9(4-29)43-26)23(14(34)10(5-30)41-21)46-27-20(40)17(37)22(11(6-31)44-27)45-25-18(38)15(35)12(32)8(3-28)42-25/h7-40H,3-6H2,1-2H3/t8-,9-,10-,11-,12-,13-,14-,15+,16+,17-,18-,19-,20-,21+,22-,23+,24+,25+,26+,27+/m1/s1. The molecule has 0 spiro atoms. The lowest BCUT2D eigenvalue weighted by Crippen LogP contribution is -2.68. The van der Waals surface area contributed by atoms with Crippen LogP contribution in [0.4, 0.5) is 0 Å². The third-order valence-electron chi connectivity index (χ3n) is 8.93. The molecule has 47 heavy (non-hydrogen) atoms. The highest BCUT2D eigenvalue weighted by atomic mass is 16.8. The van der Waals surface area contributed by atoms with Gasteiger partial charge in [-0.3, -0.25) is 0 Å². The Morgan fingerprint density at radius 1 is 0.404 bits per heavy atom. The van der Waals surface area contributed by atoms with Crippen molar-refractivity contribution in [2.75, 3.05) is 26.4 Å². The first kappa shape index (κ1) is 39.0. The molecule has 0 saturated carbocycles. The summed E-state index contributed by atoms with van der Waals surface area (Å²) in [5.41, 5.74) is 0. The summed E-state index contributed by atoms with van der Waals surface area (Å²) in [5.74, 6) is -0.429. The second-order valence-corrected chi connectivity index (χ2v) is 12.5. The Bertz CT molecular complexity index is 957. The van der Waals surface area contributed by atoms with Crippen LogP contribution in [0.2, 0.25) is 0 Å². The van der Waals surface area contributed by atoms with Gasteiger partial charge < -0.3 is 99.5 Å². The minimum absolute atomic E-state index is 0.429. The van der Waals surface area contributed by atoms with Crippen LogP contribution in [0, 0.1) is 5.92 Å². The van der Waals surface area contributed by atoms with Crippen LogP contribution >= 0.6 is 0 Å². The van der Waals surface area contributed by atoms with Gasteiger partial charge in [-0.25, -0.2) is 0 Å². The Hall–Kier alpha value is -0.800. The third-order valence-corrected chi connectivity index (χ3v) is 8.93. The van der Waals surface area contributed by atoms with Crippen LogP contribution in [0.1, 0.15) is 13.8 Å². The van der Waals surface area contributed by atoms with Gasteiger partial charge in [0.05, 0.1) is 32.5 Å². The maximum atomic E-state index is 11.2. The van der Waals surface area contributed by atoms with E-state index in [1.807, 2.05) is 0 Å². The number of ether oxygens (including phenoxy) is 7. The van der Waals surface area contributed by atoms with Crippen molar-refractivity contribution in [1.29, 1.82) is 0 Å². The fraction of sp³-hybridized carbons (Fsp3) is 1.00. The minimum atomic E-state index is -2.00. The molecule has 0 bridgehead atoms. The molecule has 4 heterocycles. The van der Waals surface area contributed by atoms with Crippen LogP contribution in [0.5, 0.6) is 0 Å². The van der Waals surface area contributed by atoms with Crippen LogP contribution in [0.25, 0.3) is 0 Å². The van der Waals surface area contributed by atoms with Crippen molar-refractivity contribution in [2.24, 2.45) is 5.92 Å². The van der Waals surface area contributed by atoms with Gasteiger partial charge in [-0.2, -0.15) is 0 Å². The second-order valence-electron chi connectivity index (χ2n) is 12.5. The van der Waals surface area contributed by atoms with Gasteiger partial charge in [-0.1, -0.05) is 13.8 Å². The van der Waals surface area contributed by atoms with Gasteiger partial charge in [0.1, 0.15) is 97.7 Å². The Morgan fingerprint density at radius 3 is 1.19 bits per heavy atom. The number of hydrogen-bond acceptors (Lipinski definition) is 20. The number of aliphatic hydroxyl groups excluding tert-OH is 13. The van der Waals surface area contributed by atoms with E-state index in [-0.39, 0.29) is 0 Å². The molecule has 4 aliphatic heterocycles. The molecule has 4 saturated heterocycles. The molecule has 20 nitrogen and oxygen atoms in total. The summed E-state index contributed by atoms with van der Waals surface area (Å²) in [7, 11) is 0. The van der Waals surface area contributed by atoms with Crippen molar-refractivity contribution in [3.63, 3.8) is 0 Å². The van der Waals surface area contributed by atoms with E-state index in [0.29, 0.717) is 0 Å². The van der Waals surface area contributed by atoms with Crippen LogP contribution in [-0.2, 0) is 33.2 Å².